The average Bonchev–Trinajstić information content (AvgIpc) is 2.38. The van der Waals surface area contributed by atoms with Crippen LogP contribution in [0.15, 0.2) is 0 Å². The van der Waals surface area contributed by atoms with E-state index < -0.39 is 6.10 Å². The van der Waals surface area contributed by atoms with Crippen molar-refractivity contribution in [1.82, 2.24) is 9.88 Å². The van der Waals surface area contributed by atoms with Crippen molar-refractivity contribution < 1.29 is 9.90 Å². The molecule has 0 bridgehead atoms. The van der Waals surface area contributed by atoms with Gasteiger partial charge in [-0.3, -0.25) is 4.79 Å². The van der Waals surface area contributed by atoms with Gasteiger partial charge in [0.15, 0.2) is 0 Å². The lowest BCUT2D eigenvalue weighted by atomic mass is 10.1. The molecule has 0 saturated carbocycles. The normalized spacial score (nSPS) is 20.6. The summed E-state index contributed by atoms with van der Waals surface area (Å²) in [6.45, 7) is 0.191. The molecule has 0 fully saturated rings. The second kappa shape index (κ2) is 3.15. The van der Waals surface area contributed by atoms with E-state index in [1.807, 2.05) is 0 Å². The molecule has 1 atom stereocenters. The van der Waals surface area contributed by atoms with Crippen molar-refractivity contribution >= 4 is 29.1 Å². The Balaban J connectivity index is 2.73. The molecule has 6 heteroatoms. The maximum absolute atomic E-state index is 11.4. The molecule has 1 amide bonds. The minimum absolute atomic E-state index is 0.191. The predicted octanol–water partition coefficient (Wildman–Crippen LogP) is 1.11. The van der Waals surface area contributed by atoms with Crippen molar-refractivity contribution in [1.29, 1.82) is 0 Å². The molecule has 1 unspecified atom stereocenters. The minimum Gasteiger partial charge on any atom is -0.385 e. The summed E-state index contributed by atoms with van der Waals surface area (Å²) in [5.74, 6) is -0.294. The molecule has 2 rings (SSSR count). The van der Waals surface area contributed by atoms with Gasteiger partial charge >= 0.3 is 0 Å². The molecule has 2 N–H and O–H groups in total. The molecule has 0 saturated heterocycles. The van der Waals surface area contributed by atoms with E-state index in [1.54, 1.807) is 7.05 Å². The Morgan fingerprint density at radius 1 is 1.57 bits per heavy atom. The van der Waals surface area contributed by atoms with Gasteiger partial charge in [-0.15, -0.1) is 0 Å². The topological polar surface area (TPSA) is 54.3 Å². The first-order chi connectivity index (χ1) is 6.54. The highest BCUT2D eigenvalue weighted by Crippen LogP contribution is 2.35. The fraction of sp³-hybridized carbons (Fsp3) is 0.375. The summed E-state index contributed by atoms with van der Waals surface area (Å²) < 4.78 is 1.53. The third-order valence-corrected chi connectivity index (χ3v) is 3.22. The molecule has 0 radical (unpaired) electrons. The quantitative estimate of drug-likeness (QED) is 0.707. The van der Waals surface area contributed by atoms with Crippen LogP contribution in [0.4, 0.5) is 0 Å². The Kier molecular flexibility index (Phi) is 2.21. The standard InChI is InChI=1S/C8H8Cl2N2O2/c1-12-6-3(13)2-11-8(14)4(6)5(9)7(12)10/h3,13H,2H2,1H3,(H,11,14). The number of nitrogens with zero attached hydrogens (tertiary/aromatic N) is 1. The number of hydrogen-bond donors (Lipinski definition) is 2. The van der Waals surface area contributed by atoms with Crippen LogP contribution in [0.25, 0.3) is 0 Å². The van der Waals surface area contributed by atoms with Gasteiger partial charge in [-0.25, -0.2) is 0 Å². The van der Waals surface area contributed by atoms with Crippen LogP contribution in [-0.2, 0) is 7.05 Å². The molecule has 1 aliphatic heterocycles. The van der Waals surface area contributed by atoms with Gasteiger partial charge in [-0.1, -0.05) is 23.2 Å². The number of carbonyl (C=O) groups excluding carboxylic acids is 1. The number of amides is 1. The van der Waals surface area contributed by atoms with Crippen LogP contribution in [0.3, 0.4) is 0 Å². The van der Waals surface area contributed by atoms with Gasteiger partial charge < -0.3 is 15.0 Å². The molecule has 76 valence electrons. The molecule has 0 spiro atoms. The molecule has 1 aromatic heterocycles. The Labute approximate surface area is 90.4 Å². The molecular weight excluding hydrogens is 227 g/mol. The van der Waals surface area contributed by atoms with Crippen LogP contribution < -0.4 is 5.32 Å². The summed E-state index contributed by atoms with van der Waals surface area (Å²) in [4.78, 5) is 11.4. The summed E-state index contributed by atoms with van der Waals surface area (Å²) in [6.07, 6.45) is -0.752. The Morgan fingerprint density at radius 3 is 2.79 bits per heavy atom. The summed E-state index contributed by atoms with van der Waals surface area (Å²) in [7, 11) is 1.66. The number of aromatic nitrogens is 1. The molecule has 14 heavy (non-hydrogen) atoms. The van der Waals surface area contributed by atoms with E-state index in [4.69, 9.17) is 23.2 Å². The lowest BCUT2D eigenvalue weighted by Gasteiger charge is -2.20. The van der Waals surface area contributed by atoms with Crippen molar-refractivity contribution in [2.75, 3.05) is 6.54 Å². The van der Waals surface area contributed by atoms with E-state index in [2.05, 4.69) is 5.32 Å². The van der Waals surface area contributed by atoms with Gasteiger partial charge in [0.2, 0.25) is 0 Å². The van der Waals surface area contributed by atoms with Crippen LogP contribution in [0.5, 0.6) is 0 Å². The van der Waals surface area contributed by atoms with Crippen LogP contribution in [-0.4, -0.2) is 22.1 Å². The summed E-state index contributed by atoms with van der Waals surface area (Å²) in [5, 5.41) is 12.6. The van der Waals surface area contributed by atoms with E-state index in [0.29, 0.717) is 5.69 Å². The van der Waals surface area contributed by atoms with Crippen LogP contribution in [0.1, 0.15) is 22.2 Å². The zero-order chi connectivity index (χ0) is 10.5. The number of halogens is 2. The number of aliphatic hydroxyl groups excluding tert-OH is 1. The molecule has 1 aromatic rings. The lowest BCUT2D eigenvalue weighted by Crippen LogP contribution is -2.35. The average molecular weight is 235 g/mol. The maximum atomic E-state index is 11.4. The number of fused-ring (bicyclic) bond motifs is 1. The number of hydrogen-bond acceptors (Lipinski definition) is 2. The second-order valence-electron chi connectivity index (χ2n) is 3.15. The highest BCUT2D eigenvalue weighted by atomic mass is 35.5. The zero-order valence-corrected chi connectivity index (χ0v) is 8.85. The lowest BCUT2D eigenvalue weighted by molar-refractivity contribution is 0.0867. The fourth-order valence-electron chi connectivity index (χ4n) is 1.62. The molecule has 0 aliphatic carbocycles. The Hall–Kier alpha value is -0.710. The number of rotatable bonds is 0. The largest absolute Gasteiger partial charge is 0.385 e. The minimum atomic E-state index is -0.752. The van der Waals surface area contributed by atoms with Crippen molar-refractivity contribution in [3.8, 4) is 0 Å². The van der Waals surface area contributed by atoms with Crippen molar-refractivity contribution in [2.45, 2.75) is 6.10 Å². The predicted molar refractivity (Wildman–Crippen MR) is 52.7 cm³/mol. The molecule has 1 aliphatic rings. The molecule has 4 nitrogen and oxygen atoms in total. The SMILES string of the molecule is Cn1c(Cl)c(Cl)c2c1C(O)CNC2=O. The van der Waals surface area contributed by atoms with Gasteiger partial charge in [0.25, 0.3) is 5.91 Å². The summed E-state index contributed by atoms with van der Waals surface area (Å²) >= 11 is 11.7. The van der Waals surface area contributed by atoms with Crippen molar-refractivity contribution in [3.05, 3.63) is 21.4 Å². The second-order valence-corrected chi connectivity index (χ2v) is 3.89. The van der Waals surface area contributed by atoms with E-state index in [9.17, 15) is 9.90 Å². The highest BCUT2D eigenvalue weighted by Gasteiger charge is 2.32. The fourth-order valence-corrected chi connectivity index (χ4v) is 2.11. The smallest absolute Gasteiger partial charge is 0.254 e. The monoisotopic (exact) mass is 234 g/mol. The molecule has 0 aromatic carbocycles. The Morgan fingerprint density at radius 2 is 2.21 bits per heavy atom. The third kappa shape index (κ3) is 1.15. The van der Waals surface area contributed by atoms with E-state index in [1.165, 1.54) is 4.57 Å². The van der Waals surface area contributed by atoms with E-state index in [-0.39, 0.29) is 28.2 Å². The summed E-state index contributed by atoms with van der Waals surface area (Å²) in [6, 6.07) is 0. The molecular formula is C8H8Cl2N2O2. The van der Waals surface area contributed by atoms with Crippen LogP contribution in [0.2, 0.25) is 10.2 Å². The zero-order valence-electron chi connectivity index (χ0n) is 7.34. The third-order valence-electron chi connectivity index (χ3n) is 2.31. The summed E-state index contributed by atoms with van der Waals surface area (Å²) in [5.41, 5.74) is 0.752. The van der Waals surface area contributed by atoms with Gasteiger partial charge in [0.1, 0.15) is 11.3 Å². The number of β-amino-alcohol motifs (C(OH)–C–C–N with tert-alkyl or cyclic N) is 1. The first-order valence-corrected chi connectivity index (χ1v) is 4.79. The first-order valence-electron chi connectivity index (χ1n) is 4.04. The van der Waals surface area contributed by atoms with E-state index in [0.717, 1.165) is 0 Å². The van der Waals surface area contributed by atoms with E-state index >= 15 is 0 Å². The van der Waals surface area contributed by atoms with Crippen molar-refractivity contribution in [2.24, 2.45) is 7.05 Å². The molecule has 2 heterocycles. The Bertz CT molecular complexity index is 414. The van der Waals surface area contributed by atoms with Crippen LogP contribution in [0, 0.1) is 0 Å². The van der Waals surface area contributed by atoms with Crippen molar-refractivity contribution in [3.63, 3.8) is 0 Å². The van der Waals surface area contributed by atoms with Gasteiger partial charge in [0.05, 0.1) is 16.3 Å². The number of nitrogens with one attached hydrogen (secondary N) is 1. The van der Waals surface area contributed by atoms with Gasteiger partial charge in [0, 0.05) is 13.6 Å². The maximum Gasteiger partial charge on any atom is 0.254 e. The van der Waals surface area contributed by atoms with Gasteiger partial charge in [-0.05, 0) is 0 Å². The first kappa shape index (κ1) is 9.83. The van der Waals surface area contributed by atoms with Gasteiger partial charge in [-0.2, -0.15) is 0 Å². The van der Waals surface area contributed by atoms with Crippen LogP contribution >= 0.6 is 23.2 Å². The number of aliphatic hydroxyl groups is 1. The highest BCUT2D eigenvalue weighted by molar-refractivity contribution is 6.43. The number of carbonyl (C=O) groups is 1.